The third kappa shape index (κ3) is 6.06. The zero-order chi connectivity index (χ0) is 25.5. The van der Waals surface area contributed by atoms with Crippen molar-refractivity contribution in [2.45, 2.75) is 37.8 Å². The van der Waals surface area contributed by atoms with Crippen molar-refractivity contribution < 1.29 is 17.9 Å². The molecule has 1 fully saturated rings. The van der Waals surface area contributed by atoms with Gasteiger partial charge < -0.3 is 10.1 Å². The molecule has 0 unspecified atom stereocenters. The zero-order valence-corrected chi connectivity index (χ0v) is 21.6. The number of likely N-dealkylation sites (tertiary alicyclic amines) is 1. The number of nitrogens with one attached hydrogen (secondary N) is 1. The van der Waals surface area contributed by atoms with Crippen molar-refractivity contribution in [3.05, 3.63) is 89.5 Å². The Labute approximate surface area is 213 Å². The van der Waals surface area contributed by atoms with Crippen molar-refractivity contribution in [2.75, 3.05) is 31.0 Å². The lowest BCUT2D eigenvalue weighted by molar-refractivity contribution is -0.119. The number of hydrogen-bond acceptors (Lipinski definition) is 5. The van der Waals surface area contributed by atoms with Crippen LogP contribution in [0.25, 0.3) is 0 Å². The number of ether oxygens (including phenoxy) is 1. The summed E-state index contributed by atoms with van der Waals surface area (Å²) in [5.41, 5.74) is 3.39. The standard InChI is InChI=1S/C28H33N3O4S/c1-22-14-15-27(35-2)26(18-22)31(36(33,34)25-12-4-3-5-13-25)21-28(32)29-19-23-10-6-7-11-24(23)20-30-16-8-9-17-30/h3-7,10-15,18H,8-9,16-17,19-21H2,1-2H3,(H,29,32). The maximum Gasteiger partial charge on any atom is 0.264 e. The van der Waals surface area contributed by atoms with Crippen LogP contribution in [0.1, 0.15) is 29.5 Å². The Hall–Kier alpha value is -3.36. The van der Waals surface area contributed by atoms with Gasteiger partial charge in [0.25, 0.3) is 10.0 Å². The molecule has 4 rings (SSSR count). The smallest absolute Gasteiger partial charge is 0.264 e. The normalized spacial score (nSPS) is 13.9. The summed E-state index contributed by atoms with van der Waals surface area (Å²) < 4.78 is 33.9. The molecule has 0 bridgehead atoms. The summed E-state index contributed by atoms with van der Waals surface area (Å²) in [6.07, 6.45) is 2.43. The van der Waals surface area contributed by atoms with Gasteiger partial charge in [-0.25, -0.2) is 8.42 Å². The van der Waals surface area contributed by atoms with Gasteiger partial charge in [-0.3, -0.25) is 14.0 Å². The molecule has 0 radical (unpaired) electrons. The molecule has 0 atom stereocenters. The molecule has 8 heteroatoms. The highest BCUT2D eigenvalue weighted by Crippen LogP contribution is 2.33. The van der Waals surface area contributed by atoms with E-state index in [4.69, 9.17) is 4.74 Å². The van der Waals surface area contributed by atoms with Crippen LogP contribution in [0.15, 0.2) is 77.7 Å². The number of sulfonamides is 1. The highest BCUT2D eigenvalue weighted by atomic mass is 32.2. The molecule has 1 N–H and O–H groups in total. The number of methoxy groups -OCH3 is 1. The summed E-state index contributed by atoms with van der Waals surface area (Å²) in [6, 6.07) is 21.5. The highest BCUT2D eigenvalue weighted by Gasteiger charge is 2.29. The molecule has 0 saturated carbocycles. The monoisotopic (exact) mass is 507 g/mol. The van der Waals surface area contributed by atoms with Crippen LogP contribution in [0.5, 0.6) is 5.75 Å². The molecule has 0 aliphatic carbocycles. The van der Waals surface area contributed by atoms with Crippen molar-refractivity contribution in [1.29, 1.82) is 0 Å². The molecule has 1 saturated heterocycles. The highest BCUT2D eigenvalue weighted by molar-refractivity contribution is 7.92. The zero-order valence-electron chi connectivity index (χ0n) is 20.8. The SMILES string of the molecule is COc1ccc(C)cc1N(CC(=O)NCc1ccccc1CN1CCCC1)S(=O)(=O)c1ccccc1. The summed E-state index contributed by atoms with van der Waals surface area (Å²) in [5, 5.41) is 2.94. The van der Waals surface area contributed by atoms with Gasteiger partial charge in [0, 0.05) is 13.1 Å². The Balaban J connectivity index is 1.56. The van der Waals surface area contributed by atoms with Gasteiger partial charge in [-0.1, -0.05) is 48.5 Å². The van der Waals surface area contributed by atoms with E-state index in [1.807, 2.05) is 31.2 Å². The van der Waals surface area contributed by atoms with E-state index < -0.39 is 15.9 Å². The van der Waals surface area contributed by atoms with Crippen LogP contribution < -0.4 is 14.4 Å². The van der Waals surface area contributed by atoms with E-state index >= 15 is 0 Å². The Morgan fingerprint density at radius 1 is 0.972 bits per heavy atom. The molecule has 1 aliphatic rings. The van der Waals surface area contributed by atoms with E-state index in [2.05, 4.69) is 16.3 Å². The minimum Gasteiger partial charge on any atom is -0.495 e. The first kappa shape index (κ1) is 25.7. The van der Waals surface area contributed by atoms with Gasteiger partial charge in [0.1, 0.15) is 12.3 Å². The number of amides is 1. The number of aryl methyl sites for hydroxylation is 1. The molecule has 1 heterocycles. The van der Waals surface area contributed by atoms with Crippen molar-refractivity contribution in [3.63, 3.8) is 0 Å². The topological polar surface area (TPSA) is 79.0 Å². The molecule has 0 spiro atoms. The molecular formula is C28H33N3O4S. The van der Waals surface area contributed by atoms with Crippen LogP contribution in [-0.4, -0.2) is 46.0 Å². The lowest BCUT2D eigenvalue weighted by Crippen LogP contribution is -2.41. The first-order valence-electron chi connectivity index (χ1n) is 12.2. The Bertz CT molecular complexity index is 1290. The second-order valence-corrected chi connectivity index (χ2v) is 10.9. The number of benzene rings is 3. The minimum atomic E-state index is -4.02. The quantitative estimate of drug-likeness (QED) is 0.447. The molecule has 36 heavy (non-hydrogen) atoms. The first-order valence-corrected chi connectivity index (χ1v) is 13.6. The van der Waals surface area contributed by atoms with Crippen LogP contribution in [-0.2, 0) is 27.9 Å². The largest absolute Gasteiger partial charge is 0.495 e. The fourth-order valence-corrected chi connectivity index (χ4v) is 5.90. The molecule has 0 aromatic heterocycles. The Morgan fingerprint density at radius 3 is 2.33 bits per heavy atom. The van der Waals surface area contributed by atoms with Gasteiger partial charge in [-0.15, -0.1) is 0 Å². The summed E-state index contributed by atoms with van der Waals surface area (Å²) >= 11 is 0. The van der Waals surface area contributed by atoms with Gasteiger partial charge in [0.05, 0.1) is 17.7 Å². The minimum absolute atomic E-state index is 0.109. The van der Waals surface area contributed by atoms with Gasteiger partial charge >= 0.3 is 0 Å². The van der Waals surface area contributed by atoms with Crippen LogP contribution in [0.2, 0.25) is 0 Å². The third-order valence-corrected chi connectivity index (χ3v) is 8.18. The average molecular weight is 508 g/mol. The van der Waals surface area contributed by atoms with E-state index in [9.17, 15) is 13.2 Å². The molecule has 1 amide bonds. The van der Waals surface area contributed by atoms with Crippen molar-refractivity contribution in [2.24, 2.45) is 0 Å². The number of nitrogens with zero attached hydrogens (tertiary/aromatic N) is 2. The maximum absolute atomic E-state index is 13.7. The number of hydrogen-bond donors (Lipinski definition) is 1. The summed E-state index contributed by atoms with van der Waals surface area (Å²) in [7, 11) is -2.53. The third-order valence-electron chi connectivity index (χ3n) is 6.41. The fraction of sp³-hybridized carbons (Fsp3) is 0.321. The van der Waals surface area contributed by atoms with Crippen molar-refractivity contribution >= 4 is 21.6 Å². The van der Waals surface area contributed by atoms with Gasteiger partial charge in [0.15, 0.2) is 0 Å². The van der Waals surface area contributed by atoms with E-state index in [1.165, 1.54) is 37.6 Å². The second kappa shape index (κ2) is 11.6. The predicted molar refractivity (Wildman–Crippen MR) is 142 cm³/mol. The Morgan fingerprint density at radius 2 is 1.64 bits per heavy atom. The van der Waals surface area contributed by atoms with E-state index in [1.54, 1.807) is 30.3 Å². The molecule has 7 nitrogen and oxygen atoms in total. The predicted octanol–water partition coefficient (Wildman–Crippen LogP) is 4.11. The van der Waals surface area contributed by atoms with Crippen molar-refractivity contribution in [1.82, 2.24) is 10.2 Å². The van der Waals surface area contributed by atoms with E-state index in [0.29, 0.717) is 18.0 Å². The molecule has 3 aromatic carbocycles. The second-order valence-electron chi connectivity index (χ2n) is 9.03. The summed E-state index contributed by atoms with van der Waals surface area (Å²) in [5.74, 6) is -0.0158. The number of anilines is 1. The van der Waals surface area contributed by atoms with E-state index in [0.717, 1.165) is 35.1 Å². The number of rotatable bonds is 10. The first-order chi connectivity index (χ1) is 17.4. The lowest BCUT2D eigenvalue weighted by atomic mass is 10.1. The van der Waals surface area contributed by atoms with Crippen LogP contribution in [0.4, 0.5) is 5.69 Å². The molecule has 1 aliphatic heterocycles. The average Bonchev–Trinajstić information content (AvgIpc) is 3.40. The van der Waals surface area contributed by atoms with E-state index in [-0.39, 0.29) is 11.4 Å². The van der Waals surface area contributed by atoms with Crippen LogP contribution in [0, 0.1) is 6.92 Å². The molecular weight excluding hydrogens is 474 g/mol. The van der Waals surface area contributed by atoms with Gasteiger partial charge in [-0.05, 0) is 73.8 Å². The summed E-state index contributed by atoms with van der Waals surface area (Å²) in [4.78, 5) is 15.7. The van der Waals surface area contributed by atoms with Gasteiger partial charge in [-0.2, -0.15) is 0 Å². The lowest BCUT2D eigenvalue weighted by Gasteiger charge is -2.26. The van der Waals surface area contributed by atoms with Crippen LogP contribution in [0.3, 0.4) is 0 Å². The summed E-state index contributed by atoms with van der Waals surface area (Å²) in [6.45, 7) is 4.85. The maximum atomic E-state index is 13.7. The fourth-order valence-electron chi connectivity index (χ4n) is 4.46. The number of carbonyl (C=O) groups is 1. The Kier molecular flexibility index (Phi) is 8.28. The van der Waals surface area contributed by atoms with Gasteiger partial charge in [0.2, 0.25) is 5.91 Å². The van der Waals surface area contributed by atoms with Crippen molar-refractivity contribution in [3.8, 4) is 5.75 Å². The molecule has 3 aromatic rings. The number of carbonyl (C=O) groups excluding carboxylic acids is 1. The molecule has 190 valence electrons. The van der Waals surface area contributed by atoms with Crippen LogP contribution >= 0.6 is 0 Å².